The molecule has 1 aromatic carbocycles. The second-order valence-electron chi connectivity index (χ2n) is 6.72. The van der Waals surface area contributed by atoms with Crippen molar-refractivity contribution in [3.8, 4) is 5.75 Å². The average Bonchev–Trinajstić information content (AvgIpc) is 3.05. The molecule has 3 atom stereocenters. The molecule has 3 unspecified atom stereocenters. The Morgan fingerprint density at radius 2 is 2.00 bits per heavy atom. The van der Waals surface area contributed by atoms with Crippen molar-refractivity contribution < 1.29 is 14.3 Å². The second-order valence-corrected chi connectivity index (χ2v) is 6.72. The minimum atomic E-state index is -0.530. The molecule has 2 amide bonds. The van der Waals surface area contributed by atoms with E-state index < -0.39 is 6.09 Å². The van der Waals surface area contributed by atoms with Crippen LogP contribution < -0.4 is 20.8 Å². The van der Waals surface area contributed by atoms with Gasteiger partial charge in [0.05, 0.1) is 5.92 Å². The number of benzene rings is 1. The molecule has 0 aliphatic carbocycles. The van der Waals surface area contributed by atoms with Crippen molar-refractivity contribution in [3.63, 3.8) is 0 Å². The van der Waals surface area contributed by atoms with Crippen LogP contribution in [0, 0.1) is 0 Å². The predicted octanol–water partition coefficient (Wildman–Crippen LogP) is 1.59. The van der Waals surface area contributed by atoms with Crippen LogP contribution in [0.2, 0.25) is 0 Å². The van der Waals surface area contributed by atoms with Crippen LogP contribution in [0.5, 0.6) is 5.75 Å². The number of ether oxygens (including phenoxy) is 1. The van der Waals surface area contributed by atoms with E-state index in [1.165, 1.54) is 7.05 Å². The van der Waals surface area contributed by atoms with E-state index in [-0.39, 0.29) is 24.0 Å². The van der Waals surface area contributed by atoms with Gasteiger partial charge in [0.15, 0.2) is 0 Å². The average molecular weight is 379 g/mol. The predicted molar refractivity (Wildman–Crippen MR) is 103 cm³/mol. The quantitative estimate of drug-likeness (QED) is 0.750. The van der Waals surface area contributed by atoms with Gasteiger partial charge in [-0.05, 0) is 48.9 Å². The van der Waals surface area contributed by atoms with Crippen LogP contribution in [0.4, 0.5) is 4.79 Å². The number of nitrogens with zero attached hydrogens (tertiary/aromatic N) is 2. The molecule has 1 saturated heterocycles. The summed E-state index contributed by atoms with van der Waals surface area (Å²) in [6.07, 6.45) is 2.54. The molecule has 8 heteroatoms. The maximum atomic E-state index is 12.7. The number of hydrogen-bond donors (Lipinski definition) is 3. The van der Waals surface area contributed by atoms with E-state index in [1.54, 1.807) is 29.4 Å². The lowest BCUT2D eigenvalue weighted by Crippen LogP contribution is -2.52. The van der Waals surface area contributed by atoms with E-state index in [0.717, 1.165) is 17.0 Å². The summed E-state index contributed by atoms with van der Waals surface area (Å²) in [6.45, 7) is 2.04. The van der Waals surface area contributed by atoms with Crippen LogP contribution in [0.1, 0.15) is 24.1 Å². The van der Waals surface area contributed by atoms with Gasteiger partial charge in [0.25, 0.3) is 5.91 Å². The first-order chi connectivity index (χ1) is 13.6. The molecule has 2 aliphatic heterocycles. The molecule has 2 aromatic rings. The molecule has 0 saturated carbocycles. The third-order valence-corrected chi connectivity index (χ3v) is 4.92. The number of aromatic nitrogens is 1. The van der Waals surface area contributed by atoms with Crippen LogP contribution in [0.25, 0.3) is 5.70 Å². The van der Waals surface area contributed by atoms with Crippen LogP contribution in [0.3, 0.4) is 0 Å². The van der Waals surface area contributed by atoms with Crippen LogP contribution in [-0.4, -0.2) is 41.2 Å². The molecular weight excluding hydrogens is 358 g/mol. The first kappa shape index (κ1) is 18.0. The molecule has 2 aliphatic rings. The Morgan fingerprint density at radius 3 is 2.68 bits per heavy atom. The molecule has 0 radical (unpaired) electrons. The summed E-state index contributed by atoms with van der Waals surface area (Å²) in [4.78, 5) is 28.5. The van der Waals surface area contributed by atoms with Crippen LogP contribution >= 0.6 is 0 Å². The van der Waals surface area contributed by atoms with Crippen LogP contribution in [0.15, 0.2) is 54.7 Å². The van der Waals surface area contributed by atoms with E-state index in [2.05, 4.69) is 21.0 Å². The maximum Gasteiger partial charge on any atom is 0.412 e. The fourth-order valence-electron chi connectivity index (χ4n) is 3.58. The first-order valence-electron chi connectivity index (χ1n) is 9.05. The molecule has 28 heavy (non-hydrogen) atoms. The van der Waals surface area contributed by atoms with E-state index in [9.17, 15) is 9.59 Å². The van der Waals surface area contributed by atoms with E-state index in [1.807, 2.05) is 37.3 Å². The summed E-state index contributed by atoms with van der Waals surface area (Å²) in [7, 11) is 1.50. The Labute approximate surface area is 162 Å². The monoisotopic (exact) mass is 379 g/mol. The molecule has 0 bridgehead atoms. The molecular formula is C20H21N5O3. The highest BCUT2D eigenvalue weighted by Crippen LogP contribution is 2.33. The Hall–Kier alpha value is -3.39. The molecule has 4 rings (SSSR count). The van der Waals surface area contributed by atoms with E-state index >= 15 is 0 Å². The number of pyridine rings is 1. The summed E-state index contributed by atoms with van der Waals surface area (Å²) in [5.74, 6) is 0.314. The number of amides is 2. The Bertz CT molecular complexity index is 913. The summed E-state index contributed by atoms with van der Waals surface area (Å²) in [5.41, 5.74) is 5.71. The highest BCUT2D eigenvalue weighted by atomic mass is 16.5. The smallest absolute Gasteiger partial charge is 0.410 e. The summed E-state index contributed by atoms with van der Waals surface area (Å²) in [5, 5.41) is 7.48. The number of hydrazine groups is 1. The van der Waals surface area contributed by atoms with Gasteiger partial charge in [-0.1, -0.05) is 6.07 Å². The molecule has 8 nitrogen and oxygen atoms in total. The number of rotatable bonds is 3. The second kappa shape index (κ2) is 7.32. The van der Waals surface area contributed by atoms with Crippen molar-refractivity contribution in [1.82, 2.24) is 26.1 Å². The lowest BCUT2D eigenvalue weighted by atomic mass is 9.94. The van der Waals surface area contributed by atoms with Crippen molar-refractivity contribution in [2.75, 3.05) is 7.05 Å². The van der Waals surface area contributed by atoms with Crippen molar-refractivity contribution in [2.24, 2.45) is 0 Å². The van der Waals surface area contributed by atoms with E-state index in [4.69, 9.17) is 4.74 Å². The number of fused-ring (bicyclic) bond motifs is 1. The largest absolute Gasteiger partial charge is 0.412 e. The standard InChI is InChI=1S/C20H21N5O3/c1-12-18(15-5-3-4-10-22-15)19-23-16(11-17(26)25(19)24-12)13-6-8-14(9-7-13)28-20(27)21-2/h3-12,18-19,23-24H,1-2H3,(H,21,27). The van der Waals surface area contributed by atoms with Crippen molar-refractivity contribution in [2.45, 2.75) is 25.0 Å². The molecule has 1 fully saturated rings. The molecule has 1 aromatic heterocycles. The van der Waals surface area contributed by atoms with Crippen molar-refractivity contribution in [3.05, 3.63) is 66.0 Å². The fraction of sp³-hybridized carbons (Fsp3) is 0.250. The lowest BCUT2D eigenvalue weighted by Gasteiger charge is -2.33. The Balaban J connectivity index is 1.58. The Kier molecular flexibility index (Phi) is 4.70. The normalized spacial score (nSPS) is 23.5. The molecule has 3 N–H and O–H groups in total. The Morgan fingerprint density at radius 1 is 1.21 bits per heavy atom. The van der Waals surface area contributed by atoms with Gasteiger partial charge < -0.3 is 15.4 Å². The zero-order chi connectivity index (χ0) is 19.7. The van der Waals surface area contributed by atoms with Crippen LogP contribution in [-0.2, 0) is 4.79 Å². The van der Waals surface area contributed by atoms with Gasteiger partial charge in [-0.2, -0.15) is 0 Å². The zero-order valence-corrected chi connectivity index (χ0v) is 15.5. The van der Waals surface area contributed by atoms with Gasteiger partial charge in [0.2, 0.25) is 0 Å². The summed E-state index contributed by atoms with van der Waals surface area (Å²) in [6, 6.07) is 12.8. The molecule has 0 spiro atoms. The third-order valence-electron chi connectivity index (χ3n) is 4.92. The SMILES string of the molecule is CNC(=O)Oc1ccc(C2=CC(=O)N3NC(C)C(c4ccccn4)C3N2)cc1. The lowest BCUT2D eigenvalue weighted by molar-refractivity contribution is -0.130. The minimum absolute atomic E-state index is 0.00436. The highest BCUT2D eigenvalue weighted by molar-refractivity contribution is 5.96. The van der Waals surface area contributed by atoms with Gasteiger partial charge >= 0.3 is 6.09 Å². The van der Waals surface area contributed by atoms with Crippen molar-refractivity contribution in [1.29, 1.82) is 0 Å². The number of hydrogen-bond acceptors (Lipinski definition) is 6. The van der Waals surface area contributed by atoms with Crippen molar-refractivity contribution >= 4 is 17.7 Å². The van der Waals surface area contributed by atoms with Gasteiger partial charge in [-0.3, -0.25) is 14.8 Å². The summed E-state index contributed by atoms with van der Waals surface area (Å²) < 4.78 is 5.10. The summed E-state index contributed by atoms with van der Waals surface area (Å²) >= 11 is 0. The topological polar surface area (TPSA) is 95.6 Å². The van der Waals surface area contributed by atoms with Gasteiger partial charge in [-0.25, -0.2) is 10.2 Å². The van der Waals surface area contributed by atoms with Gasteiger partial charge in [0, 0.05) is 36.8 Å². The molecule has 3 heterocycles. The first-order valence-corrected chi connectivity index (χ1v) is 9.05. The zero-order valence-electron chi connectivity index (χ0n) is 15.5. The third kappa shape index (κ3) is 3.29. The number of carbonyl (C=O) groups excluding carboxylic acids is 2. The van der Waals surface area contributed by atoms with Gasteiger partial charge in [0.1, 0.15) is 11.9 Å². The minimum Gasteiger partial charge on any atom is -0.410 e. The highest BCUT2D eigenvalue weighted by Gasteiger charge is 2.45. The van der Waals surface area contributed by atoms with E-state index in [0.29, 0.717) is 5.75 Å². The molecule has 144 valence electrons. The maximum absolute atomic E-state index is 12.7. The fourth-order valence-corrected chi connectivity index (χ4v) is 3.58. The number of nitrogens with one attached hydrogen (secondary N) is 3. The number of carbonyl (C=O) groups is 2. The van der Waals surface area contributed by atoms with Gasteiger partial charge in [-0.15, -0.1) is 0 Å².